The first-order chi connectivity index (χ1) is 12.6. The molecular weight excluding hydrogens is 332 g/mol. The van der Waals surface area contributed by atoms with Crippen LogP contribution < -0.4 is 10.1 Å². The van der Waals surface area contributed by atoms with Crippen molar-refractivity contribution in [3.63, 3.8) is 0 Å². The van der Waals surface area contributed by atoms with Gasteiger partial charge in [0.15, 0.2) is 0 Å². The Morgan fingerprint density at radius 1 is 1.19 bits per heavy atom. The third-order valence-corrected chi connectivity index (χ3v) is 5.69. The van der Waals surface area contributed by atoms with Crippen molar-refractivity contribution in [3.8, 4) is 5.75 Å². The van der Waals surface area contributed by atoms with Gasteiger partial charge in [0.25, 0.3) is 0 Å². The Hall–Kier alpha value is -2.24. The molecule has 1 aromatic rings. The normalized spacial score (nSPS) is 25.7. The number of ether oxygens (including phenoxy) is 1. The largest absolute Gasteiger partial charge is 0.496 e. The van der Waals surface area contributed by atoms with Gasteiger partial charge in [0.2, 0.25) is 0 Å². The molecule has 1 saturated heterocycles. The van der Waals surface area contributed by atoms with Crippen molar-refractivity contribution in [1.82, 2.24) is 10.2 Å². The van der Waals surface area contributed by atoms with Crippen molar-refractivity contribution in [2.45, 2.75) is 57.0 Å². The van der Waals surface area contributed by atoms with Crippen LogP contribution in [0.2, 0.25) is 0 Å². The van der Waals surface area contributed by atoms with E-state index in [2.05, 4.69) is 11.4 Å². The molecule has 2 fully saturated rings. The van der Waals surface area contributed by atoms with E-state index in [1.165, 1.54) is 0 Å². The maximum atomic E-state index is 12.8. The predicted molar refractivity (Wildman–Crippen MR) is 98.3 cm³/mol. The molecule has 2 amide bonds. The average Bonchev–Trinajstić information content (AvgIpc) is 3.11. The number of carbonyl (C=O) groups is 2. The van der Waals surface area contributed by atoms with Crippen LogP contribution in [0, 0.1) is 5.92 Å². The van der Waals surface area contributed by atoms with Crippen molar-refractivity contribution in [3.05, 3.63) is 29.8 Å². The molecule has 1 atom stereocenters. The van der Waals surface area contributed by atoms with E-state index in [1.807, 2.05) is 23.1 Å². The highest BCUT2D eigenvalue weighted by molar-refractivity contribution is 5.75. The minimum atomic E-state index is -0.716. The minimum Gasteiger partial charge on any atom is -0.496 e. The van der Waals surface area contributed by atoms with E-state index in [-0.39, 0.29) is 24.0 Å². The summed E-state index contributed by atoms with van der Waals surface area (Å²) in [5.74, 6) is -0.105. The second-order valence-corrected chi connectivity index (χ2v) is 7.34. The molecule has 26 heavy (non-hydrogen) atoms. The van der Waals surface area contributed by atoms with Gasteiger partial charge in [-0.05, 0) is 56.6 Å². The topological polar surface area (TPSA) is 78.9 Å². The number of urea groups is 1. The molecule has 0 bridgehead atoms. The van der Waals surface area contributed by atoms with Crippen LogP contribution in [-0.2, 0) is 11.2 Å². The van der Waals surface area contributed by atoms with Gasteiger partial charge in [0.1, 0.15) is 5.75 Å². The fourth-order valence-electron chi connectivity index (χ4n) is 4.18. The van der Waals surface area contributed by atoms with Crippen LogP contribution in [0.25, 0.3) is 0 Å². The molecule has 0 spiro atoms. The second kappa shape index (κ2) is 8.43. The molecule has 6 heteroatoms. The lowest BCUT2D eigenvalue weighted by atomic mass is 9.86. The Labute approximate surface area is 154 Å². The number of aliphatic carboxylic acids is 1. The van der Waals surface area contributed by atoms with E-state index in [0.717, 1.165) is 50.0 Å². The Bertz CT molecular complexity index is 640. The molecule has 6 nitrogen and oxygen atoms in total. The van der Waals surface area contributed by atoms with Gasteiger partial charge >= 0.3 is 12.0 Å². The standard InChI is InChI=1S/C20H28N2O4/c1-26-18-7-3-2-5-15(18)13-17-6-4-12-22(17)20(25)21-16-10-8-14(9-11-16)19(23)24/h2-3,5,7,14,16-17H,4,6,8-13H2,1H3,(H,21,25)(H,23,24). The first-order valence-electron chi connectivity index (χ1n) is 9.50. The summed E-state index contributed by atoms with van der Waals surface area (Å²) in [5.41, 5.74) is 1.13. The molecule has 3 rings (SSSR count). The molecule has 142 valence electrons. The molecule has 1 aromatic carbocycles. The zero-order valence-corrected chi connectivity index (χ0v) is 15.3. The van der Waals surface area contributed by atoms with Gasteiger partial charge in [0.05, 0.1) is 13.0 Å². The summed E-state index contributed by atoms with van der Waals surface area (Å²) < 4.78 is 5.44. The third-order valence-electron chi connectivity index (χ3n) is 5.69. The van der Waals surface area contributed by atoms with Crippen LogP contribution in [-0.4, -0.2) is 47.7 Å². The smallest absolute Gasteiger partial charge is 0.317 e. The number of carbonyl (C=O) groups excluding carboxylic acids is 1. The number of hydrogen-bond acceptors (Lipinski definition) is 3. The number of amides is 2. The Balaban J connectivity index is 1.56. The van der Waals surface area contributed by atoms with Crippen molar-refractivity contribution in [1.29, 1.82) is 0 Å². The monoisotopic (exact) mass is 360 g/mol. The summed E-state index contributed by atoms with van der Waals surface area (Å²) in [7, 11) is 1.67. The van der Waals surface area contributed by atoms with Gasteiger partial charge in [-0.2, -0.15) is 0 Å². The quantitative estimate of drug-likeness (QED) is 0.846. The summed E-state index contributed by atoms with van der Waals surface area (Å²) >= 11 is 0. The average molecular weight is 360 g/mol. The van der Waals surface area contributed by atoms with Crippen LogP contribution in [0.3, 0.4) is 0 Å². The maximum Gasteiger partial charge on any atom is 0.317 e. The van der Waals surface area contributed by atoms with Gasteiger partial charge in [-0.15, -0.1) is 0 Å². The molecule has 1 aliphatic carbocycles. The first kappa shape index (κ1) is 18.5. The molecule has 1 unspecified atom stereocenters. The molecule has 1 heterocycles. The van der Waals surface area contributed by atoms with E-state index >= 15 is 0 Å². The van der Waals surface area contributed by atoms with Crippen LogP contribution in [0.4, 0.5) is 4.79 Å². The molecule has 1 saturated carbocycles. The number of likely N-dealkylation sites (tertiary alicyclic amines) is 1. The summed E-state index contributed by atoms with van der Waals surface area (Å²) in [6, 6.07) is 8.22. The maximum absolute atomic E-state index is 12.8. The van der Waals surface area contributed by atoms with Gasteiger partial charge in [-0.25, -0.2) is 4.79 Å². The lowest BCUT2D eigenvalue weighted by molar-refractivity contribution is -0.142. The Kier molecular flexibility index (Phi) is 6.01. The zero-order chi connectivity index (χ0) is 18.5. The highest BCUT2D eigenvalue weighted by Gasteiger charge is 2.32. The summed E-state index contributed by atoms with van der Waals surface area (Å²) in [6.45, 7) is 0.774. The van der Waals surface area contributed by atoms with Gasteiger partial charge in [-0.3, -0.25) is 4.79 Å². The molecule has 0 radical (unpaired) electrons. The summed E-state index contributed by atoms with van der Waals surface area (Å²) in [4.78, 5) is 25.7. The lowest BCUT2D eigenvalue weighted by Crippen LogP contribution is -2.48. The Morgan fingerprint density at radius 2 is 1.92 bits per heavy atom. The van der Waals surface area contributed by atoms with Crippen LogP contribution in [0.1, 0.15) is 44.1 Å². The highest BCUT2D eigenvalue weighted by Crippen LogP contribution is 2.28. The van der Waals surface area contributed by atoms with Crippen molar-refractivity contribution >= 4 is 12.0 Å². The molecular formula is C20H28N2O4. The van der Waals surface area contributed by atoms with E-state index in [1.54, 1.807) is 7.11 Å². The van der Waals surface area contributed by atoms with E-state index in [4.69, 9.17) is 9.84 Å². The SMILES string of the molecule is COc1ccccc1CC1CCCN1C(=O)NC1CCC(C(=O)O)CC1. The lowest BCUT2D eigenvalue weighted by Gasteiger charge is -2.31. The van der Waals surface area contributed by atoms with Crippen molar-refractivity contribution < 1.29 is 19.4 Å². The summed E-state index contributed by atoms with van der Waals surface area (Å²) in [6.07, 6.45) is 5.58. The van der Waals surface area contributed by atoms with E-state index in [9.17, 15) is 9.59 Å². The fourth-order valence-corrected chi connectivity index (χ4v) is 4.18. The number of methoxy groups -OCH3 is 1. The fraction of sp³-hybridized carbons (Fsp3) is 0.600. The number of carboxylic acids is 1. The molecule has 2 N–H and O–H groups in total. The molecule has 0 aromatic heterocycles. The number of hydrogen-bond donors (Lipinski definition) is 2. The van der Waals surface area contributed by atoms with Crippen LogP contribution in [0.15, 0.2) is 24.3 Å². The molecule has 1 aliphatic heterocycles. The van der Waals surface area contributed by atoms with Crippen molar-refractivity contribution in [2.75, 3.05) is 13.7 Å². The van der Waals surface area contributed by atoms with Crippen molar-refractivity contribution in [2.24, 2.45) is 5.92 Å². The van der Waals surface area contributed by atoms with Crippen LogP contribution in [0.5, 0.6) is 5.75 Å². The van der Waals surface area contributed by atoms with Gasteiger partial charge in [0, 0.05) is 18.6 Å². The Morgan fingerprint density at radius 3 is 2.62 bits per heavy atom. The first-order valence-corrected chi connectivity index (χ1v) is 9.50. The van der Waals surface area contributed by atoms with E-state index in [0.29, 0.717) is 12.8 Å². The van der Waals surface area contributed by atoms with Crippen LogP contribution >= 0.6 is 0 Å². The predicted octanol–water partition coefficient (Wildman–Crippen LogP) is 3.06. The minimum absolute atomic E-state index is 0.0128. The number of benzene rings is 1. The van der Waals surface area contributed by atoms with Gasteiger partial charge < -0.3 is 20.1 Å². The zero-order valence-electron chi connectivity index (χ0n) is 15.3. The third kappa shape index (κ3) is 4.29. The second-order valence-electron chi connectivity index (χ2n) is 7.34. The highest BCUT2D eigenvalue weighted by atomic mass is 16.5. The number of carboxylic acid groups (broad SMARTS) is 1. The number of rotatable bonds is 5. The number of nitrogens with zero attached hydrogens (tertiary/aromatic N) is 1. The van der Waals surface area contributed by atoms with E-state index < -0.39 is 5.97 Å². The summed E-state index contributed by atoms with van der Waals surface area (Å²) in [5, 5.41) is 12.2. The van der Waals surface area contributed by atoms with Gasteiger partial charge in [-0.1, -0.05) is 18.2 Å². The number of para-hydroxylation sites is 1. The molecule has 2 aliphatic rings. The number of nitrogens with one attached hydrogen (secondary N) is 1.